The predicted molar refractivity (Wildman–Crippen MR) is 121 cm³/mol. The number of hydrogen-bond acceptors (Lipinski definition) is 6. The van der Waals surface area contributed by atoms with Gasteiger partial charge in [-0.1, -0.05) is 36.4 Å². The zero-order valence-electron chi connectivity index (χ0n) is 18.4. The molecule has 1 amide bonds. The van der Waals surface area contributed by atoms with Gasteiger partial charge in [-0.05, 0) is 29.1 Å². The van der Waals surface area contributed by atoms with Gasteiger partial charge in [-0.15, -0.1) is 0 Å². The van der Waals surface area contributed by atoms with E-state index in [1.54, 1.807) is 14.2 Å². The molecule has 0 spiro atoms. The van der Waals surface area contributed by atoms with Crippen LogP contribution in [0.3, 0.4) is 0 Å². The highest BCUT2D eigenvalue weighted by Crippen LogP contribution is 2.40. The third kappa shape index (κ3) is 3.89. The third-order valence-corrected chi connectivity index (χ3v) is 5.46. The van der Waals surface area contributed by atoms with Crippen LogP contribution in [-0.4, -0.2) is 36.8 Å². The number of rotatable bonds is 5. The number of fused-ring (bicyclic) bond motifs is 1. The molecule has 4 rings (SSSR count). The van der Waals surface area contributed by atoms with Crippen LogP contribution in [0.2, 0.25) is 0 Å². The summed E-state index contributed by atoms with van der Waals surface area (Å²) in [7, 11) is 3.15. The van der Waals surface area contributed by atoms with Crippen molar-refractivity contribution < 1.29 is 23.8 Å². The summed E-state index contributed by atoms with van der Waals surface area (Å²) in [5.74, 6) is 1.03. The van der Waals surface area contributed by atoms with E-state index in [0.717, 1.165) is 16.3 Å². The lowest BCUT2D eigenvalue weighted by Gasteiger charge is -2.21. The van der Waals surface area contributed by atoms with Gasteiger partial charge in [0.2, 0.25) is 5.91 Å². The number of hydrazone groups is 1. The van der Waals surface area contributed by atoms with Crippen molar-refractivity contribution in [1.82, 2.24) is 5.01 Å². The van der Waals surface area contributed by atoms with Crippen LogP contribution in [0.1, 0.15) is 37.4 Å². The summed E-state index contributed by atoms with van der Waals surface area (Å²) in [5.41, 5.74) is 2.22. The van der Waals surface area contributed by atoms with Gasteiger partial charge in [0.1, 0.15) is 5.75 Å². The van der Waals surface area contributed by atoms with Gasteiger partial charge in [-0.25, -0.2) is 5.01 Å². The highest BCUT2D eigenvalue weighted by Gasteiger charge is 2.33. The number of carbonyl (C=O) groups is 2. The van der Waals surface area contributed by atoms with Gasteiger partial charge in [-0.2, -0.15) is 5.10 Å². The van der Waals surface area contributed by atoms with E-state index < -0.39 is 5.97 Å². The predicted octanol–water partition coefficient (Wildman–Crippen LogP) is 4.48. The molecule has 0 radical (unpaired) electrons. The first-order valence-corrected chi connectivity index (χ1v) is 10.2. The lowest BCUT2D eigenvalue weighted by Crippen LogP contribution is -2.24. The number of carbonyl (C=O) groups excluding carboxylic acids is 2. The molecule has 1 aliphatic heterocycles. The quantitative estimate of drug-likeness (QED) is 0.439. The van der Waals surface area contributed by atoms with Crippen molar-refractivity contribution in [2.75, 3.05) is 14.2 Å². The Bertz CT molecular complexity index is 1230. The largest absolute Gasteiger partial charge is 0.493 e. The number of ether oxygens (including phenoxy) is 3. The molecule has 0 fully saturated rings. The van der Waals surface area contributed by atoms with Crippen LogP contribution in [0.5, 0.6) is 17.2 Å². The molecule has 32 heavy (non-hydrogen) atoms. The van der Waals surface area contributed by atoms with E-state index in [9.17, 15) is 9.59 Å². The van der Waals surface area contributed by atoms with E-state index in [4.69, 9.17) is 14.2 Å². The normalized spacial score (nSPS) is 15.4. The van der Waals surface area contributed by atoms with Crippen LogP contribution in [0, 0.1) is 0 Å². The lowest BCUT2D eigenvalue weighted by atomic mass is 9.95. The van der Waals surface area contributed by atoms with Crippen molar-refractivity contribution in [3.63, 3.8) is 0 Å². The van der Waals surface area contributed by atoms with Gasteiger partial charge in [-0.3, -0.25) is 9.59 Å². The first-order chi connectivity index (χ1) is 15.4. The van der Waals surface area contributed by atoms with Crippen LogP contribution in [0.15, 0.2) is 59.7 Å². The second-order valence-electron chi connectivity index (χ2n) is 7.50. The summed E-state index contributed by atoms with van der Waals surface area (Å²) in [6.07, 6.45) is 0.460. The number of hydrogen-bond donors (Lipinski definition) is 0. The maximum Gasteiger partial charge on any atom is 0.308 e. The molecule has 0 aromatic heterocycles. The number of methoxy groups -OCH3 is 2. The van der Waals surface area contributed by atoms with E-state index in [1.807, 2.05) is 54.6 Å². The second-order valence-corrected chi connectivity index (χ2v) is 7.50. The van der Waals surface area contributed by atoms with E-state index in [0.29, 0.717) is 34.9 Å². The second kappa shape index (κ2) is 8.70. The molecule has 0 saturated carbocycles. The van der Waals surface area contributed by atoms with Gasteiger partial charge in [0.15, 0.2) is 11.5 Å². The zero-order chi connectivity index (χ0) is 22.8. The molecule has 0 aliphatic carbocycles. The molecule has 1 aliphatic rings. The molecule has 3 aromatic carbocycles. The highest BCUT2D eigenvalue weighted by molar-refractivity contribution is 6.10. The number of nitrogens with zero attached hydrogens (tertiary/aromatic N) is 2. The first kappa shape index (κ1) is 21.4. The summed E-state index contributed by atoms with van der Waals surface area (Å²) in [6.45, 7) is 2.85. The van der Waals surface area contributed by atoms with Crippen molar-refractivity contribution in [1.29, 1.82) is 0 Å². The fraction of sp³-hybridized carbons (Fsp3) is 0.240. The molecule has 7 heteroatoms. The van der Waals surface area contributed by atoms with Crippen molar-refractivity contribution >= 4 is 28.4 Å². The smallest absolute Gasteiger partial charge is 0.308 e. The summed E-state index contributed by atoms with van der Waals surface area (Å²) >= 11 is 0. The third-order valence-electron chi connectivity index (χ3n) is 5.46. The van der Waals surface area contributed by atoms with E-state index in [-0.39, 0.29) is 11.9 Å². The Morgan fingerprint density at radius 3 is 2.41 bits per heavy atom. The molecule has 3 aromatic rings. The maximum atomic E-state index is 12.4. The molecular formula is C25H24N2O5. The molecule has 7 nitrogen and oxygen atoms in total. The topological polar surface area (TPSA) is 77.4 Å². The number of amides is 1. The van der Waals surface area contributed by atoms with Crippen molar-refractivity contribution in [2.45, 2.75) is 26.3 Å². The van der Waals surface area contributed by atoms with Crippen molar-refractivity contribution in [3.8, 4) is 17.2 Å². The van der Waals surface area contributed by atoms with E-state index in [2.05, 4.69) is 5.10 Å². The Morgan fingerprint density at radius 2 is 1.72 bits per heavy atom. The molecule has 164 valence electrons. The Hall–Kier alpha value is -3.87. The fourth-order valence-electron chi connectivity index (χ4n) is 4.01. The van der Waals surface area contributed by atoms with Gasteiger partial charge in [0, 0.05) is 31.2 Å². The first-order valence-electron chi connectivity index (χ1n) is 10.2. The highest BCUT2D eigenvalue weighted by atomic mass is 16.5. The Morgan fingerprint density at radius 1 is 0.969 bits per heavy atom. The minimum absolute atomic E-state index is 0.186. The fourth-order valence-corrected chi connectivity index (χ4v) is 4.01. The standard InChI is InChI=1S/C25H24N2O5/c1-15(28)27-22(18-10-12-23(30-3)24(13-18)31-4)14-21(26-27)20-11-9-17-7-5-6-8-19(17)25(20)32-16(2)29/h5-13,22H,14H2,1-4H3. The molecule has 0 bridgehead atoms. The van der Waals surface area contributed by atoms with Gasteiger partial charge in [0.05, 0.1) is 26.0 Å². The monoisotopic (exact) mass is 432 g/mol. The molecule has 1 atom stereocenters. The van der Waals surface area contributed by atoms with Crippen molar-refractivity contribution in [2.24, 2.45) is 5.10 Å². The average molecular weight is 432 g/mol. The van der Waals surface area contributed by atoms with Gasteiger partial charge in [0.25, 0.3) is 0 Å². The molecule has 1 heterocycles. The van der Waals surface area contributed by atoms with Crippen LogP contribution in [0.25, 0.3) is 10.8 Å². The minimum atomic E-state index is -0.416. The summed E-state index contributed by atoms with van der Waals surface area (Å²) in [6, 6.07) is 16.8. The lowest BCUT2D eigenvalue weighted by molar-refractivity contribution is -0.132. The molecule has 0 saturated heterocycles. The SMILES string of the molecule is COc1ccc(C2CC(c3ccc4ccccc4c3OC(C)=O)=NN2C(C)=O)cc1OC. The zero-order valence-corrected chi connectivity index (χ0v) is 18.4. The summed E-state index contributed by atoms with van der Waals surface area (Å²) in [5, 5.41) is 7.85. The minimum Gasteiger partial charge on any atom is -0.493 e. The average Bonchev–Trinajstić information content (AvgIpc) is 3.24. The number of benzene rings is 3. The maximum absolute atomic E-state index is 12.4. The van der Waals surface area contributed by atoms with Gasteiger partial charge >= 0.3 is 5.97 Å². The van der Waals surface area contributed by atoms with Gasteiger partial charge < -0.3 is 14.2 Å². The van der Waals surface area contributed by atoms with Crippen molar-refractivity contribution in [3.05, 3.63) is 65.7 Å². The summed E-state index contributed by atoms with van der Waals surface area (Å²) in [4.78, 5) is 24.3. The molecule has 1 unspecified atom stereocenters. The van der Waals surface area contributed by atoms with Crippen LogP contribution < -0.4 is 14.2 Å². The summed E-state index contributed by atoms with van der Waals surface area (Å²) < 4.78 is 16.4. The number of esters is 1. The van der Waals surface area contributed by atoms with Crippen LogP contribution >= 0.6 is 0 Å². The van der Waals surface area contributed by atoms with Crippen LogP contribution in [0.4, 0.5) is 0 Å². The molecular weight excluding hydrogens is 408 g/mol. The Kier molecular flexibility index (Phi) is 5.81. The Balaban J connectivity index is 1.79. The van der Waals surface area contributed by atoms with E-state index >= 15 is 0 Å². The Labute approximate surface area is 186 Å². The molecule has 0 N–H and O–H groups in total. The van der Waals surface area contributed by atoms with Crippen LogP contribution in [-0.2, 0) is 9.59 Å². The van der Waals surface area contributed by atoms with E-state index in [1.165, 1.54) is 18.9 Å².